The quantitative estimate of drug-likeness (QED) is 0.610. The molecule has 152 valence electrons. The zero-order chi connectivity index (χ0) is 20.9. The Labute approximate surface area is 171 Å². The van der Waals surface area contributed by atoms with Crippen LogP contribution < -0.4 is 20.1 Å². The molecule has 0 amide bonds. The van der Waals surface area contributed by atoms with Crippen molar-refractivity contribution in [1.29, 1.82) is 0 Å². The van der Waals surface area contributed by atoms with Gasteiger partial charge in [-0.25, -0.2) is 0 Å². The average molecular weight is 393 g/mol. The highest BCUT2D eigenvalue weighted by molar-refractivity contribution is 5.55. The van der Waals surface area contributed by atoms with E-state index < -0.39 is 0 Å². The number of hydrogen-bond acceptors (Lipinski definition) is 7. The lowest BCUT2D eigenvalue weighted by Crippen LogP contribution is -2.10. The molecule has 29 heavy (non-hydrogen) atoms. The van der Waals surface area contributed by atoms with Gasteiger partial charge < -0.3 is 20.1 Å². The summed E-state index contributed by atoms with van der Waals surface area (Å²) in [4.78, 5) is 4.48. The van der Waals surface area contributed by atoms with Crippen molar-refractivity contribution < 1.29 is 9.47 Å². The van der Waals surface area contributed by atoms with E-state index in [0.717, 1.165) is 11.3 Å². The van der Waals surface area contributed by atoms with Crippen molar-refractivity contribution in [1.82, 2.24) is 15.2 Å². The molecule has 0 spiro atoms. The van der Waals surface area contributed by atoms with E-state index >= 15 is 0 Å². The molecule has 0 aliphatic heterocycles. The maximum absolute atomic E-state index is 5.34. The van der Waals surface area contributed by atoms with Crippen molar-refractivity contribution in [3.63, 3.8) is 0 Å². The minimum Gasteiger partial charge on any atom is -0.493 e. The molecule has 0 radical (unpaired) electrons. The number of anilines is 3. The molecule has 7 heteroatoms. The van der Waals surface area contributed by atoms with Gasteiger partial charge in [-0.1, -0.05) is 39.0 Å². The number of rotatable bonds is 7. The lowest BCUT2D eigenvalue weighted by molar-refractivity contribution is 0.354. The molecule has 0 fully saturated rings. The highest BCUT2D eigenvalue weighted by Gasteiger charge is 2.13. The van der Waals surface area contributed by atoms with Crippen molar-refractivity contribution in [3.05, 3.63) is 59.8 Å². The first-order chi connectivity index (χ1) is 13.9. The Hall–Kier alpha value is -3.35. The number of aromatic nitrogens is 3. The highest BCUT2D eigenvalue weighted by Crippen LogP contribution is 2.28. The second-order valence-electron chi connectivity index (χ2n) is 7.66. The van der Waals surface area contributed by atoms with Gasteiger partial charge in [0, 0.05) is 12.2 Å². The molecule has 2 N–H and O–H groups in total. The average Bonchev–Trinajstić information content (AvgIpc) is 2.72. The monoisotopic (exact) mass is 393 g/mol. The van der Waals surface area contributed by atoms with Crippen LogP contribution in [0.2, 0.25) is 0 Å². The fraction of sp³-hybridized carbons (Fsp3) is 0.318. The van der Waals surface area contributed by atoms with E-state index in [-0.39, 0.29) is 5.41 Å². The summed E-state index contributed by atoms with van der Waals surface area (Å²) in [6, 6.07) is 14.0. The maximum Gasteiger partial charge on any atom is 0.249 e. The number of benzene rings is 2. The molecule has 0 saturated carbocycles. The molecule has 0 bridgehead atoms. The maximum atomic E-state index is 5.34. The van der Waals surface area contributed by atoms with Gasteiger partial charge >= 0.3 is 0 Å². The van der Waals surface area contributed by atoms with Gasteiger partial charge in [-0.3, -0.25) is 0 Å². The molecule has 7 nitrogen and oxygen atoms in total. The van der Waals surface area contributed by atoms with Crippen LogP contribution in [-0.4, -0.2) is 29.4 Å². The standard InChI is InChI=1S/C22H27N5O2/c1-22(2,3)16-7-9-17(10-8-16)25-21-26-20(14-24-27-21)23-13-15-6-11-18(28-4)19(12-15)29-5/h6-12,14H,13H2,1-5H3,(H2,23,25,26,27). The molecular weight excluding hydrogens is 366 g/mol. The van der Waals surface area contributed by atoms with Crippen LogP contribution in [0.1, 0.15) is 31.9 Å². The van der Waals surface area contributed by atoms with Crippen molar-refractivity contribution in [2.24, 2.45) is 0 Å². The molecule has 0 saturated heterocycles. The molecule has 0 unspecified atom stereocenters. The second-order valence-corrected chi connectivity index (χ2v) is 7.66. The van der Waals surface area contributed by atoms with Gasteiger partial charge in [-0.05, 0) is 40.8 Å². The predicted molar refractivity (Wildman–Crippen MR) is 115 cm³/mol. The van der Waals surface area contributed by atoms with Gasteiger partial charge in [-0.2, -0.15) is 10.1 Å². The van der Waals surface area contributed by atoms with Crippen LogP contribution >= 0.6 is 0 Å². The third-order valence-corrected chi connectivity index (χ3v) is 4.49. The summed E-state index contributed by atoms with van der Waals surface area (Å²) in [6.45, 7) is 7.14. The Kier molecular flexibility index (Phi) is 6.16. The Bertz CT molecular complexity index is 952. The van der Waals surface area contributed by atoms with Gasteiger partial charge in [0.2, 0.25) is 5.95 Å². The van der Waals surface area contributed by atoms with Gasteiger partial charge in [0.25, 0.3) is 0 Å². The molecule has 0 aliphatic rings. The summed E-state index contributed by atoms with van der Waals surface area (Å²) < 4.78 is 10.6. The molecule has 0 aliphatic carbocycles. The molecule has 0 atom stereocenters. The van der Waals surface area contributed by atoms with E-state index in [1.54, 1.807) is 20.4 Å². The SMILES string of the molecule is COc1ccc(CNc2cnnc(Nc3ccc(C(C)(C)C)cc3)n2)cc1OC. The van der Waals surface area contributed by atoms with Crippen LogP contribution in [0.5, 0.6) is 11.5 Å². The number of methoxy groups -OCH3 is 2. The smallest absolute Gasteiger partial charge is 0.249 e. The summed E-state index contributed by atoms with van der Waals surface area (Å²) >= 11 is 0. The van der Waals surface area contributed by atoms with E-state index in [4.69, 9.17) is 9.47 Å². The van der Waals surface area contributed by atoms with Crippen molar-refractivity contribution in [2.75, 3.05) is 24.9 Å². The fourth-order valence-corrected chi connectivity index (χ4v) is 2.81. The number of hydrogen-bond donors (Lipinski definition) is 2. The molecular formula is C22H27N5O2. The third kappa shape index (κ3) is 5.34. The molecule has 2 aromatic carbocycles. The largest absolute Gasteiger partial charge is 0.493 e. The van der Waals surface area contributed by atoms with Crippen LogP contribution in [0.15, 0.2) is 48.7 Å². The van der Waals surface area contributed by atoms with Crippen LogP contribution in [0, 0.1) is 0 Å². The Morgan fingerprint density at radius 2 is 1.66 bits per heavy atom. The summed E-state index contributed by atoms with van der Waals surface area (Å²) in [7, 11) is 3.24. The number of nitrogens with one attached hydrogen (secondary N) is 2. The first-order valence-corrected chi connectivity index (χ1v) is 9.41. The van der Waals surface area contributed by atoms with E-state index in [1.165, 1.54) is 5.56 Å². The summed E-state index contributed by atoms with van der Waals surface area (Å²) in [6.07, 6.45) is 1.59. The Morgan fingerprint density at radius 3 is 2.31 bits per heavy atom. The minimum absolute atomic E-state index is 0.116. The summed E-state index contributed by atoms with van der Waals surface area (Å²) in [5, 5.41) is 14.5. The van der Waals surface area contributed by atoms with Gasteiger partial charge in [0.15, 0.2) is 17.3 Å². The topological polar surface area (TPSA) is 81.2 Å². The van der Waals surface area contributed by atoms with E-state index in [2.05, 4.69) is 58.7 Å². The number of ether oxygens (including phenoxy) is 2. The van der Waals surface area contributed by atoms with Crippen LogP contribution in [0.25, 0.3) is 0 Å². The molecule has 1 aromatic heterocycles. The highest BCUT2D eigenvalue weighted by atomic mass is 16.5. The lowest BCUT2D eigenvalue weighted by Gasteiger charge is -2.19. The number of nitrogens with zero attached hydrogens (tertiary/aromatic N) is 3. The fourth-order valence-electron chi connectivity index (χ4n) is 2.81. The van der Waals surface area contributed by atoms with Crippen LogP contribution in [0.3, 0.4) is 0 Å². The second kappa shape index (κ2) is 8.77. The predicted octanol–water partition coefficient (Wildman–Crippen LogP) is 4.54. The van der Waals surface area contributed by atoms with Crippen LogP contribution in [0.4, 0.5) is 17.5 Å². The molecule has 1 heterocycles. The van der Waals surface area contributed by atoms with E-state index in [9.17, 15) is 0 Å². The van der Waals surface area contributed by atoms with Crippen molar-refractivity contribution in [3.8, 4) is 11.5 Å². The third-order valence-electron chi connectivity index (χ3n) is 4.49. The zero-order valence-electron chi connectivity index (χ0n) is 17.5. The summed E-state index contributed by atoms with van der Waals surface area (Å²) in [5.41, 5.74) is 3.34. The van der Waals surface area contributed by atoms with Crippen LogP contribution in [-0.2, 0) is 12.0 Å². The lowest BCUT2D eigenvalue weighted by atomic mass is 9.87. The first-order valence-electron chi connectivity index (χ1n) is 9.41. The van der Waals surface area contributed by atoms with Gasteiger partial charge in [-0.15, -0.1) is 5.10 Å². The van der Waals surface area contributed by atoms with Gasteiger partial charge in [0.05, 0.1) is 20.4 Å². The minimum atomic E-state index is 0.116. The normalized spacial score (nSPS) is 11.1. The van der Waals surface area contributed by atoms with Gasteiger partial charge in [0.1, 0.15) is 0 Å². The summed E-state index contributed by atoms with van der Waals surface area (Å²) in [5.74, 6) is 2.45. The Balaban J connectivity index is 1.65. The van der Waals surface area contributed by atoms with Crippen molar-refractivity contribution >= 4 is 17.5 Å². The van der Waals surface area contributed by atoms with E-state index in [1.807, 2.05) is 30.3 Å². The Morgan fingerprint density at radius 1 is 0.931 bits per heavy atom. The van der Waals surface area contributed by atoms with Crippen molar-refractivity contribution in [2.45, 2.75) is 32.7 Å². The first kappa shape index (κ1) is 20.4. The van der Waals surface area contributed by atoms with E-state index in [0.29, 0.717) is 29.8 Å². The molecule has 3 aromatic rings. The molecule has 3 rings (SSSR count). The zero-order valence-corrected chi connectivity index (χ0v) is 17.5.